The molecule has 28 heavy (non-hydrogen) atoms. The van der Waals surface area contributed by atoms with E-state index in [1.165, 1.54) is 24.5 Å². The molecule has 0 aliphatic rings. The zero-order chi connectivity index (χ0) is 20.3. The molecule has 0 aliphatic heterocycles. The van der Waals surface area contributed by atoms with Gasteiger partial charge in [0, 0.05) is 6.07 Å². The summed E-state index contributed by atoms with van der Waals surface area (Å²) in [7, 11) is 0. The van der Waals surface area contributed by atoms with Crippen LogP contribution in [0.2, 0.25) is 10.0 Å². The second-order valence-electron chi connectivity index (χ2n) is 5.42. The Morgan fingerprint density at radius 2 is 2.11 bits per heavy atom. The van der Waals surface area contributed by atoms with Gasteiger partial charge in [-0.15, -0.1) is 0 Å². The number of halogens is 3. The van der Waals surface area contributed by atoms with Gasteiger partial charge in [-0.2, -0.15) is 0 Å². The van der Waals surface area contributed by atoms with Crippen molar-refractivity contribution in [3.63, 3.8) is 0 Å². The van der Waals surface area contributed by atoms with Gasteiger partial charge >= 0.3 is 0 Å². The molecular formula is C17H13Cl2FN6O2. The molecule has 0 bridgehead atoms. The summed E-state index contributed by atoms with van der Waals surface area (Å²) in [4.78, 5) is 23.7. The molecule has 0 fully saturated rings. The van der Waals surface area contributed by atoms with Crippen LogP contribution >= 0.6 is 23.2 Å². The lowest BCUT2D eigenvalue weighted by molar-refractivity contribution is -0.116. The van der Waals surface area contributed by atoms with Gasteiger partial charge in [0.05, 0.1) is 28.0 Å². The highest BCUT2D eigenvalue weighted by Crippen LogP contribution is 2.31. The second-order valence-corrected chi connectivity index (χ2v) is 6.20. The van der Waals surface area contributed by atoms with Crippen molar-refractivity contribution >= 4 is 46.4 Å². The van der Waals surface area contributed by atoms with Crippen LogP contribution in [-0.2, 0) is 11.3 Å². The van der Waals surface area contributed by atoms with Gasteiger partial charge in [0.1, 0.15) is 17.9 Å². The van der Waals surface area contributed by atoms with Gasteiger partial charge in [0.2, 0.25) is 11.7 Å². The van der Waals surface area contributed by atoms with Crippen molar-refractivity contribution in [3.8, 4) is 11.7 Å². The van der Waals surface area contributed by atoms with Crippen molar-refractivity contribution < 1.29 is 13.6 Å². The predicted octanol–water partition coefficient (Wildman–Crippen LogP) is 3.71. The maximum absolute atomic E-state index is 14.2. The molecule has 3 aromatic rings. The van der Waals surface area contributed by atoms with E-state index < -0.39 is 5.82 Å². The SMILES string of the molecule is C=CC(=O)NCc1coc(-c2nc(N)cc(Nc3ccc(Cl)c(Cl)c3F)n2)n1. The number of benzene rings is 1. The van der Waals surface area contributed by atoms with Crippen molar-refractivity contribution in [1.82, 2.24) is 20.3 Å². The number of anilines is 3. The Bertz CT molecular complexity index is 1060. The van der Waals surface area contributed by atoms with E-state index >= 15 is 0 Å². The number of nitrogen functional groups attached to an aromatic ring is 1. The van der Waals surface area contributed by atoms with Crippen LogP contribution in [0.25, 0.3) is 11.7 Å². The van der Waals surface area contributed by atoms with Crippen molar-refractivity contribution in [1.29, 1.82) is 0 Å². The number of aromatic nitrogens is 3. The van der Waals surface area contributed by atoms with E-state index in [0.29, 0.717) is 5.69 Å². The zero-order valence-electron chi connectivity index (χ0n) is 14.2. The summed E-state index contributed by atoms with van der Waals surface area (Å²) in [6.07, 6.45) is 2.49. The summed E-state index contributed by atoms with van der Waals surface area (Å²) in [5, 5.41) is 5.19. The Labute approximate surface area is 168 Å². The minimum Gasteiger partial charge on any atom is -0.442 e. The van der Waals surface area contributed by atoms with Gasteiger partial charge in [-0.25, -0.2) is 19.3 Å². The first-order valence-corrected chi connectivity index (χ1v) is 8.53. The highest BCUT2D eigenvalue weighted by atomic mass is 35.5. The summed E-state index contributed by atoms with van der Waals surface area (Å²) in [5.74, 6) is -0.631. The lowest BCUT2D eigenvalue weighted by atomic mass is 10.3. The molecule has 2 heterocycles. The van der Waals surface area contributed by atoms with Gasteiger partial charge < -0.3 is 20.8 Å². The van der Waals surface area contributed by atoms with Crippen molar-refractivity contribution in [3.05, 3.63) is 58.7 Å². The number of nitrogens with one attached hydrogen (secondary N) is 2. The molecule has 0 saturated carbocycles. The summed E-state index contributed by atoms with van der Waals surface area (Å²) < 4.78 is 19.6. The van der Waals surface area contributed by atoms with Crippen LogP contribution in [0.1, 0.15) is 5.69 Å². The lowest BCUT2D eigenvalue weighted by Gasteiger charge is -2.09. The topological polar surface area (TPSA) is 119 Å². The fourth-order valence-electron chi connectivity index (χ4n) is 2.13. The van der Waals surface area contributed by atoms with E-state index in [0.717, 1.165) is 6.08 Å². The van der Waals surface area contributed by atoms with Crippen molar-refractivity contribution in [2.45, 2.75) is 6.54 Å². The molecule has 144 valence electrons. The molecule has 1 aromatic carbocycles. The van der Waals surface area contributed by atoms with Crippen LogP contribution in [0, 0.1) is 5.82 Å². The van der Waals surface area contributed by atoms with Gasteiger partial charge in [-0.05, 0) is 18.2 Å². The van der Waals surface area contributed by atoms with Crippen molar-refractivity contribution in [2.75, 3.05) is 11.1 Å². The molecular weight excluding hydrogens is 410 g/mol. The number of oxazole rings is 1. The Morgan fingerprint density at radius 3 is 2.86 bits per heavy atom. The largest absolute Gasteiger partial charge is 0.442 e. The molecule has 11 heteroatoms. The average molecular weight is 423 g/mol. The monoisotopic (exact) mass is 422 g/mol. The fourth-order valence-corrected chi connectivity index (χ4v) is 2.44. The quantitative estimate of drug-likeness (QED) is 0.409. The highest BCUT2D eigenvalue weighted by Gasteiger charge is 2.15. The molecule has 1 amide bonds. The summed E-state index contributed by atoms with van der Waals surface area (Å²) in [5.41, 5.74) is 6.30. The van der Waals surface area contributed by atoms with Crippen LogP contribution in [0.5, 0.6) is 0 Å². The Kier molecular flexibility index (Phi) is 5.76. The van der Waals surface area contributed by atoms with Crippen LogP contribution in [0.3, 0.4) is 0 Å². The van der Waals surface area contributed by atoms with Crippen molar-refractivity contribution in [2.24, 2.45) is 0 Å². The second kappa shape index (κ2) is 8.24. The summed E-state index contributed by atoms with van der Waals surface area (Å²) in [6, 6.07) is 4.26. The highest BCUT2D eigenvalue weighted by molar-refractivity contribution is 6.42. The van der Waals surface area contributed by atoms with E-state index in [-0.39, 0.29) is 51.5 Å². The third-order valence-electron chi connectivity index (χ3n) is 3.42. The number of amides is 1. The maximum Gasteiger partial charge on any atom is 0.265 e. The fraction of sp³-hybridized carbons (Fsp3) is 0.0588. The van der Waals surface area contributed by atoms with Gasteiger partial charge in [0.15, 0.2) is 5.82 Å². The van der Waals surface area contributed by atoms with Gasteiger partial charge in [-0.1, -0.05) is 29.8 Å². The molecule has 0 saturated heterocycles. The molecule has 2 aromatic heterocycles. The van der Waals surface area contributed by atoms with Crippen LogP contribution in [0.15, 0.2) is 41.5 Å². The molecule has 4 N–H and O–H groups in total. The number of carbonyl (C=O) groups excluding carboxylic acids is 1. The minimum atomic E-state index is -0.732. The smallest absolute Gasteiger partial charge is 0.265 e. The first-order chi connectivity index (χ1) is 13.4. The van der Waals surface area contributed by atoms with Gasteiger partial charge in [-0.3, -0.25) is 4.79 Å². The van der Waals surface area contributed by atoms with E-state index in [9.17, 15) is 9.18 Å². The number of hydrogen-bond donors (Lipinski definition) is 3. The molecule has 0 atom stereocenters. The molecule has 3 rings (SSSR count). The molecule has 0 spiro atoms. The molecule has 0 radical (unpaired) electrons. The van der Waals surface area contributed by atoms with Crippen LogP contribution < -0.4 is 16.4 Å². The summed E-state index contributed by atoms with van der Waals surface area (Å²) in [6.45, 7) is 3.49. The molecule has 0 aliphatic carbocycles. The minimum absolute atomic E-state index is 0.0543. The molecule has 8 nitrogen and oxygen atoms in total. The lowest BCUT2D eigenvalue weighted by Crippen LogP contribution is -2.20. The van der Waals surface area contributed by atoms with E-state index in [4.69, 9.17) is 33.4 Å². The van der Waals surface area contributed by atoms with E-state index in [1.54, 1.807) is 0 Å². The first-order valence-electron chi connectivity index (χ1n) is 7.77. The van der Waals surface area contributed by atoms with E-state index in [1.807, 2.05) is 0 Å². The number of rotatable bonds is 6. The number of hydrogen-bond acceptors (Lipinski definition) is 7. The third-order valence-corrected chi connectivity index (χ3v) is 4.20. The first kappa shape index (κ1) is 19.6. The number of nitrogens with two attached hydrogens (primary N) is 1. The Hall–Kier alpha value is -3.17. The average Bonchev–Trinajstić information content (AvgIpc) is 3.15. The Morgan fingerprint density at radius 1 is 1.32 bits per heavy atom. The van der Waals surface area contributed by atoms with E-state index in [2.05, 4.69) is 32.2 Å². The van der Waals surface area contributed by atoms with Crippen LogP contribution in [-0.4, -0.2) is 20.9 Å². The third kappa shape index (κ3) is 4.38. The van der Waals surface area contributed by atoms with Crippen LogP contribution in [0.4, 0.5) is 21.7 Å². The molecule has 0 unspecified atom stereocenters. The maximum atomic E-state index is 14.2. The predicted molar refractivity (Wildman–Crippen MR) is 104 cm³/mol. The summed E-state index contributed by atoms with van der Waals surface area (Å²) >= 11 is 11.6. The Balaban J connectivity index is 1.84. The normalized spacial score (nSPS) is 10.5. The standard InChI is InChI=1S/C17H13Cl2FN6O2/c1-2-13(27)22-6-8-7-28-17(23-8)16-25-11(21)5-12(26-16)24-10-4-3-9(18)14(19)15(10)20/h2-5,7H,1,6H2,(H,22,27)(H3,21,24,25,26). The number of nitrogens with zero attached hydrogens (tertiary/aromatic N) is 3. The van der Waals surface area contributed by atoms with Gasteiger partial charge in [0.25, 0.3) is 5.89 Å². The number of carbonyl (C=O) groups is 1. The zero-order valence-corrected chi connectivity index (χ0v) is 15.7.